The zero-order chi connectivity index (χ0) is 14.0. The van der Waals surface area contributed by atoms with E-state index in [-0.39, 0.29) is 6.29 Å². The molecule has 0 bridgehead atoms. The Labute approximate surface area is 115 Å². The molecule has 0 aromatic heterocycles. The Hall–Kier alpha value is -1.54. The molecule has 1 atom stereocenters. The van der Waals surface area contributed by atoms with E-state index in [1.807, 2.05) is 6.07 Å². The molecular formula is C17H22O2. The topological polar surface area (TPSA) is 18.5 Å². The highest BCUT2D eigenvalue weighted by Crippen LogP contribution is 2.37. The van der Waals surface area contributed by atoms with Crippen molar-refractivity contribution in [3.05, 3.63) is 47.6 Å². The lowest BCUT2D eigenvalue weighted by Crippen LogP contribution is -2.25. The molecule has 1 unspecified atom stereocenters. The maximum absolute atomic E-state index is 5.88. The molecule has 1 aromatic rings. The number of hydrogen-bond acceptors (Lipinski definition) is 2. The van der Waals surface area contributed by atoms with Gasteiger partial charge in [0, 0.05) is 13.0 Å². The molecule has 2 nitrogen and oxygen atoms in total. The van der Waals surface area contributed by atoms with Gasteiger partial charge in [0.2, 0.25) is 6.29 Å². The standard InChI is InChI=1S/C17H22O2/c1-6-13-9-14-7-8-15(10-16(14)12(13)4)19-17(18-5)11(2)3/h6-8,10-11,17H,4,9H2,1-3,5H3. The van der Waals surface area contributed by atoms with Gasteiger partial charge in [-0.3, -0.25) is 0 Å². The summed E-state index contributed by atoms with van der Waals surface area (Å²) in [5.74, 6) is 1.16. The van der Waals surface area contributed by atoms with Gasteiger partial charge in [0.15, 0.2) is 0 Å². The summed E-state index contributed by atoms with van der Waals surface area (Å²) in [6.07, 6.45) is 2.89. The van der Waals surface area contributed by atoms with Gasteiger partial charge < -0.3 is 9.47 Å². The minimum atomic E-state index is -0.214. The van der Waals surface area contributed by atoms with Crippen LogP contribution in [0, 0.1) is 5.92 Å². The summed E-state index contributed by atoms with van der Waals surface area (Å²) in [7, 11) is 1.68. The molecular weight excluding hydrogens is 236 g/mol. The first-order chi connectivity index (χ1) is 9.06. The van der Waals surface area contributed by atoms with Crippen molar-refractivity contribution in [2.75, 3.05) is 7.11 Å². The van der Waals surface area contributed by atoms with Gasteiger partial charge in [-0.05, 0) is 47.8 Å². The van der Waals surface area contributed by atoms with Gasteiger partial charge >= 0.3 is 0 Å². The van der Waals surface area contributed by atoms with E-state index in [1.54, 1.807) is 7.11 Å². The lowest BCUT2D eigenvalue weighted by molar-refractivity contribution is -0.0833. The minimum absolute atomic E-state index is 0.214. The molecule has 0 saturated heterocycles. The molecule has 19 heavy (non-hydrogen) atoms. The first-order valence-corrected chi connectivity index (χ1v) is 6.74. The van der Waals surface area contributed by atoms with E-state index in [0.717, 1.165) is 17.7 Å². The van der Waals surface area contributed by atoms with Crippen molar-refractivity contribution in [3.63, 3.8) is 0 Å². The van der Waals surface area contributed by atoms with Crippen LogP contribution in [0.25, 0.3) is 5.57 Å². The molecule has 2 rings (SSSR count). The number of methoxy groups -OCH3 is 1. The van der Waals surface area contributed by atoms with Crippen molar-refractivity contribution in [2.24, 2.45) is 5.92 Å². The van der Waals surface area contributed by atoms with E-state index in [1.165, 1.54) is 16.7 Å². The number of rotatable bonds is 4. The van der Waals surface area contributed by atoms with Crippen LogP contribution in [0.15, 0.2) is 36.4 Å². The van der Waals surface area contributed by atoms with Crippen LogP contribution in [0.4, 0.5) is 0 Å². The summed E-state index contributed by atoms with van der Waals surface area (Å²) >= 11 is 0. The third-order valence-electron chi connectivity index (χ3n) is 3.55. The third-order valence-corrected chi connectivity index (χ3v) is 3.55. The summed E-state index contributed by atoms with van der Waals surface area (Å²) < 4.78 is 11.2. The normalized spacial score (nSPS) is 17.9. The van der Waals surface area contributed by atoms with Crippen LogP contribution < -0.4 is 4.74 Å². The predicted octanol–water partition coefficient (Wildman–Crippen LogP) is 4.21. The van der Waals surface area contributed by atoms with Gasteiger partial charge in [0.25, 0.3) is 0 Å². The number of allylic oxidation sites excluding steroid dienone is 3. The van der Waals surface area contributed by atoms with Gasteiger partial charge in [-0.2, -0.15) is 0 Å². The Morgan fingerprint density at radius 1 is 1.32 bits per heavy atom. The first-order valence-electron chi connectivity index (χ1n) is 6.74. The number of benzene rings is 1. The van der Waals surface area contributed by atoms with Crippen LogP contribution in [-0.2, 0) is 11.2 Å². The van der Waals surface area contributed by atoms with E-state index in [4.69, 9.17) is 9.47 Å². The lowest BCUT2D eigenvalue weighted by Gasteiger charge is -2.21. The molecule has 0 saturated carbocycles. The van der Waals surface area contributed by atoms with Crippen molar-refractivity contribution in [1.82, 2.24) is 0 Å². The van der Waals surface area contributed by atoms with Crippen LogP contribution in [0.3, 0.4) is 0 Å². The van der Waals surface area contributed by atoms with E-state index in [2.05, 4.69) is 45.6 Å². The van der Waals surface area contributed by atoms with E-state index >= 15 is 0 Å². The SMILES string of the molecule is C=C1C(=CC)Cc2ccc(OC(OC)C(C)C)cc21. The molecule has 0 spiro atoms. The fraction of sp³-hybridized carbons (Fsp3) is 0.412. The smallest absolute Gasteiger partial charge is 0.201 e. The lowest BCUT2D eigenvalue weighted by atomic mass is 10.1. The molecule has 102 valence electrons. The van der Waals surface area contributed by atoms with Crippen molar-refractivity contribution in [1.29, 1.82) is 0 Å². The van der Waals surface area contributed by atoms with Crippen LogP contribution in [0.2, 0.25) is 0 Å². The second kappa shape index (κ2) is 5.62. The molecule has 0 heterocycles. The van der Waals surface area contributed by atoms with E-state index < -0.39 is 0 Å². The molecule has 1 aromatic carbocycles. The summed E-state index contributed by atoms with van der Waals surface area (Å²) in [4.78, 5) is 0. The Morgan fingerprint density at radius 3 is 2.63 bits per heavy atom. The highest BCUT2D eigenvalue weighted by molar-refractivity contribution is 5.85. The number of fused-ring (bicyclic) bond motifs is 1. The van der Waals surface area contributed by atoms with Crippen LogP contribution in [0.5, 0.6) is 5.75 Å². The Balaban J connectivity index is 2.24. The van der Waals surface area contributed by atoms with Crippen molar-refractivity contribution in [3.8, 4) is 5.75 Å². The average Bonchev–Trinajstić information content (AvgIpc) is 2.72. The maximum atomic E-state index is 5.88. The molecule has 0 radical (unpaired) electrons. The summed E-state index contributed by atoms with van der Waals surface area (Å²) in [6.45, 7) is 10.4. The largest absolute Gasteiger partial charge is 0.465 e. The van der Waals surface area contributed by atoms with Gasteiger partial charge in [-0.25, -0.2) is 0 Å². The molecule has 1 aliphatic carbocycles. The van der Waals surface area contributed by atoms with Gasteiger partial charge in [0.05, 0.1) is 0 Å². The van der Waals surface area contributed by atoms with Crippen molar-refractivity contribution in [2.45, 2.75) is 33.5 Å². The van der Waals surface area contributed by atoms with Crippen molar-refractivity contribution < 1.29 is 9.47 Å². The van der Waals surface area contributed by atoms with Crippen molar-refractivity contribution >= 4 is 5.57 Å². The fourth-order valence-corrected chi connectivity index (χ4v) is 2.42. The Bertz CT molecular complexity index is 512. The third kappa shape index (κ3) is 2.74. The molecule has 2 heteroatoms. The van der Waals surface area contributed by atoms with Gasteiger partial charge in [-0.1, -0.05) is 32.6 Å². The molecule has 0 N–H and O–H groups in total. The van der Waals surface area contributed by atoms with E-state index in [9.17, 15) is 0 Å². The predicted molar refractivity (Wildman–Crippen MR) is 79.2 cm³/mol. The Morgan fingerprint density at radius 2 is 2.05 bits per heavy atom. The second-order valence-corrected chi connectivity index (χ2v) is 5.25. The maximum Gasteiger partial charge on any atom is 0.201 e. The van der Waals surface area contributed by atoms with Gasteiger partial charge in [-0.15, -0.1) is 0 Å². The highest BCUT2D eigenvalue weighted by Gasteiger charge is 2.21. The van der Waals surface area contributed by atoms with Crippen LogP contribution in [-0.4, -0.2) is 13.4 Å². The Kier molecular flexibility index (Phi) is 4.11. The summed E-state index contributed by atoms with van der Waals surface area (Å²) in [6, 6.07) is 6.21. The molecule has 1 aliphatic rings. The number of ether oxygens (including phenoxy) is 2. The molecule has 0 amide bonds. The monoisotopic (exact) mass is 258 g/mol. The van der Waals surface area contributed by atoms with Crippen LogP contribution in [0.1, 0.15) is 31.9 Å². The summed E-state index contributed by atoms with van der Waals surface area (Å²) in [5.41, 5.74) is 4.94. The minimum Gasteiger partial charge on any atom is -0.465 e. The van der Waals surface area contributed by atoms with Gasteiger partial charge in [0.1, 0.15) is 5.75 Å². The average molecular weight is 258 g/mol. The quantitative estimate of drug-likeness (QED) is 0.753. The molecule has 0 aliphatic heterocycles. The second-order valence-electron chi connectivity index (χ2n) is 5.25. The first kappa shape index (κ1) is 13.9. The zero-order valence-electron chi connectivity index (χ0n) is 12.2. The zero-order valence-corrected chi connectivity index (χ0v) is 12.2. The summed E-state index contributed by atoms with van der Waals surface area (Å²) in [5, 5.41) is 0. The van der Waals surface area contributed by atoms with E-state index in [0.29, 0.717) is 5.92 Å². The fourth-order valence-electron chi connectivity index (χ4n) is 2.42. The van der Waals surface area contributed by atoms with Crippen LogP contribution >= 0.6 is 0 Å². The highest BCUT2D eigenvalue weighted by atomic mass is 16.7. The molecule has 0 fully saturated rings. The number of hydrogen-bond donors (Lipinski definition) is 0.